The summed E-state index contributed by atoms with van der Waals surface area (Å²) in [5.41, 5.74) is 7.42. The third-order valence-electron chi connectivity index (χ3n) is 3.16. The molecule has 21 heavy (non-hydrogen) atoms. The summed E-state index contributed by atoms with van der Waals surface area (Å²) in [6, 6.07) is 6.57. The average Bonchev–Trinajstić information content (AvgIpc) is 2.45. The first-order chi connectivity index (χ1) is 9.92. The predicted octanol–water partition coefficient (Wildman–Crippen LogP) is 4.18. The third-order valence-corrected chi connectivity index (χ3v) is 3.56. The SMILES string of the molecule is Cc1ccc(NC(CN)c2cc(F)c(F)c(F)c2)cc1Cl. The van der Waals surface area contributed by atoms with E-state index < -0.39 is 23.5 Å². The Labute approximate surface area is 125 Å². The van der Waals surface area contributed by atoms with Crippen LogP contribution in [0.4, 0.5) is 18.9 Å². The summed E-state index contributed by atoms with van der Waals surface area (Å²) < 4.78 is 39.6. The molecule has 112 valence electrons. The molecule has 0 aromatic heterocycles. The molecule has 0 radical (unpaired) electrons. The van der Waals surface area contributed by atoms with Gasteiger partial charge in [0.25, 0.3) is 0 Å². The second-order valence-corrected chi connectivity index (χ2v) is 5.10. The fourth-order valence-electron chi connectivity index (χ4n) is 1.94. The number of halogens is 4. The summed E-state index contributed by atoms with van der Waals surface area (Å²) in [5.74, 6) is -3.98. The molecular formula is C15H14ClF3N2. The van der Waals surface area contributed by atoms with E-state index in [-0.39, 0.29) is 12.1 Å². The number of nitrogens with two attached hydrogens (primary N) is 1. The highest BCUT2D eigenvalue weighted by molar-refractivity contribution is 6.31. The number of nitrogens with one attached hydrogen (secondary N) is 1. The monoisotopic (exact) mass is 314 g/mol. The lowest BCUT2D eigenvalue weighted by Gasteiger charge is -2.19. The Morgan fingerprint density at radius 3 is 2.29 bits per heavy atom. The highest BCUT2D eigenvalue weighted by Crippen LogP contribution is 2.25. The van der Waals surface area contributed by atoms with E-state index in [1.165, 1.54) is 0 Å². The Morgan fingerprint density at radius 1 is 1.14 bits per heavy atom. The van der Waals surface area contributed by atoms with Crippen LogP contribution < -0.4 is 11.1 Å². The molecule has 0 aliphatic carbocycles. The van der Waals surface area contributed by atoms with E-state index in [0.29, 0.717) is 10.7 Å². The maximum Gasteiger partial charge on any atom is 0.194 e. The molecule has 3 N–H and O–H groups in total. The minimum Gasteiger partial charge on any atom is -0.377 e. The van der Waals surface area contributed by atoms with Crippen molar-refractivity contribution >= 4 is 17.3 Å². The third kappa shape index (κ3) is 3.49. The molecule has 2 rings (SSSR count). The minimum atomic E-state index is -1.49. The van der Waals surface area contributed by atoms with E-state index >= 15 is 0 Å². The Bertz CT molecular complexity index is 638. The number of anilines is 1. The van der Waals surface area contributed by atoms with Crippen molar-refractivity contribution in [2.75, 3.05) is 11.9 Å². The number of rotatable bonds is 4. The van der Waals surface area contributed by atoms with Gasteiger partial charge in [0.15, 0.2) is 17.5 Å². The molecule has 2 aromatic carbocycles. The first-order valence-corrected chi connectivity index (χ1v) is 6.67. The van der Waals surface area contributed by atoms with Gasteiger partial charge in [0.1, 0.15) is 0 Å². The van der Waals surface area contributed by atoms with Crippen LogP contribution in [-0.2, 0) is 0 Å². The molecule has 1 unspecified atom stereocenters. The standard InChI is InChI=1S/C15H14ClF3N2/c1-8-2-3-10(6-11(8)16)21-14(7-20)9-4-12(17)15(19)13(18)5-9/h2-6,14,21H,7,20H2,1H3. The van der Waals surface area contributed by atoms with Gasteiger partial charge in [0.2, 0.25) is 0 Å². The second-order valence-electron chi connectivity index (χ2n) is 4.70. The Hall–Kier alpha value is -1.72. The number of hydrogen-bond acceptors (Lipinski definition) is 2. The van der Waals surface area contributed by atoms with E-state index in [4.69, 9.17) is 17.3 Å². The van der Waals surface area contributed by atoms with Crippen molar-refractivity contribution in [3.8, 4) is 0 Å². The zero-order valence-corrected chi connectivity index (χ0v) is 12.0. The summed E-state index contributed by atoms with van der Waals surface area (Å²) in [7, 11) is 0. The second kappa shape index (κ2) is 6.37. The van der Waals surface area contributed by atoms with Gasteiger partial charge in [-0.15, -0.1) is 0 Å². The topological polar surface area (TPSA) is 38.0 Å². The van der Waals surface area contributed by atoms with Crippen LogP contribution in [0.25, 0.3) is 0 Å². The predicted molar refractivity (Wildman–Crippen MR) is 77.9 cm³/mol. The van der Waals surface area contributed by atoms with Gasteiger partial charge in [-0.3, -0.25) is 0 Å². The van der Waals surface area contributed by atoms with E-state index in [1.54, 1.807) is 12.1 Å². The molecule has 2 nitrogen and oxygen atoms in total. The number of benzene rings is 2. The molecular weight excluding hydrogens is 301 g/mol. The van der Waals surface area contributed by atoms with Crippen LogP contribution >= 0.6 is 11.6 Å². The Balaban J connectivity index is 2.29. The quantitative estimate of drug-likeness (QED) is 0.831. The summed E-state index contributed by atoms with van der Waals surface area (Å²) in [5, 5.41) is 3.58. The summed E-state index contributed by atoms with van der Waals surface area (Å²) >= 11 is 6.02. The van der Waals surface area contributed by atoms with Gasteiger partial charge >= 0.3 is 0 Å². The van der Waals surface area contributed by atoms with Gasteiger partial charge in [0, 0.05) is 17.3 Å². The van der Waals surface area contributed by atoms with Crippen molar-refractivity contribution in [1.82, 2.24) is 0 Å². The van der Waals surface area contributed by atoms with Crippen molar-refractivity contribution in [3.63, 3.8) is 0 Å². The molecule has 0 saturated heterocycles. The van der Waals surface area contributed by atoms with Crippen molar-refractivity contribution < 1.29 is 13.2 Å². The molecule has 0 aliphatic heterocycles. The zero-order valence-electron chi connectivity index (χ0n) is 11.3. The molecule has 1 atom stereocenters. The van der Waals surface area contributed by atoms with Crippen LogP contribution in [0, 0.1) is 24.4 Å². The first kappa shape index (κ1) is 15.7. The van der Waals surface area contributed by atoms with E-state index in [2.05, 4.69) is 5.32 Å². The van der Waals surface area contributed by atoms with Crippen molar-refractivity contribution in [2.24, 2.45) is 5.73 Å². The van der Waals surface area contributed by atoms with Crippen molar-refractivity contribution in [1.29, 1.82) is 0 Å². The molecule has 0 fully saturated rings. The van der Waals surface area contributed by atoms with Crippen LogP contribution in [0.1, 0.15) is 17.2 Å². The fourth-order valence-corrected chi connectivity index (χ4v) is 2.12. The van der Waals surface area contributed by atoms with Crippen LogP contribution in [0.15, 0.2) is 30.3 Å². The maximum absolute atomic E-state index is 13.3. The summed E-state index contributed by atoms with van der Waals surface area (Å²) in [4.78, 5) is 0. The summed E-state index contributed by atoms with van der Waals surface area (Å²) in [6.07, 6.45) is 0. The van der Waals surface area contributed by atoms with Gasteiger partial charge in [-0.1, -0.05) is 17.7 Å². The van der Waals surface area contributed by atoms with Crippen molar-refractivity contribution in [3.05, 3.63) is 63.9 Å². The highest BCUT2D eigenvalue weighted by Gasteiger charge is 2.16. The van der Waals surface area contributed by atoms with E-state index in [9.17, 15) is 13.2 Å². The molecule has 0 amide bonds. The van der Waals surface area contributed by atoms with Gasteiger partial charge in [-0.2, -0.15) is 0 Å². The molecule has 2 aromatic rings. The average molecular weight is 315 g/mol. The van der Waals surface area contributed by atoms with Crippen LogP contribution in [0.5, 0.6) is 0 Å². The van der Waals surface area contributed by atoms with Crippen molar-refractivity contribution in [2.45, 2.75) is 13.0 Å². The molecule has 0 aliphatic rings. The largest absolute Gasteiger partial charge is 0.377 e. The maximum atomic E-state index is 13.3. The van der Waals surface area contributed by atoms with Crippen LogP contribution in [0.3, 0.4) is 0 Å². The van der Waals surface area contributed by atoms with Gasteiger partial charge in [0.05, 0.1) is 6.04 Å². The molecule has 0 bridgehead atoms. The molecule has 0 heterocycles. The lowest BCUT2D eigenvalue weighted by molar-refractivity contribution is 0.444. The Morgan fingerprint density at radius 2 is 1.76 bits per heavy atom. The van der Waals surface area contributed by atoms with Gasteiger partial charge in [-0.25, -0.2) is 13.2 Å². The molecule has 0 spiro atoms. The van der Waals surface area contributed by atoms with Crippen LogP contribution in [0.2, 0.25) is 5.02 Å². The normalized spacial score (nSPS) is 12.3. The molecule has 6 heteroatoms. The molecule has 0 saturated carbocycles. The lowest BCUT2D eigenvalue weighted by atomic mass is 10.1. The zero-order chi connectivity index (χ0) is 15.6. The number of hydrogen-bond donors (Lipinski definition) is 2. The fraction of sp³-hybridized carbons (Fsp3) is 0.200. The number of aryl methyl sites for hydroxylation is 1. The van der Waals surface area contributed by atoms with Gasteiger partial charge < -0.3 is 11.1 Å². The minimum absolute atomic E-state index is 0.0794. The van der Waals surface area contributed by atoms with Gasteiger partial charge in [-0.05, 0) is 42.3 Å². The van der Waals surface area contributed by atoms with E-state index in [0.717, 1.165) is 17.7 Å². The summed E-state index contributed by atoms with van der Waals surface area (Å²) in [6.45, 7) is 1.94. The Kier molecular flexibility index (Phi) is 4.75. The lowest BCUT2D eigenvalue weighted by Crippen LogP contribution is -2.21. The van der Waals surface area contributed by atoms with E-state index in [1.807, 2.05) is 13.0 Å². The first-order valence-electron chi connectivity index (χ1n) is 6.29. The smallest absolute Gasteiger partial charge is 0.194 e. The van der Waals surface area contributed by atoms with Crippen LogP contribution in [-0.4, -0.2) is 6.54 Å². The highest BCUT2D eigenvalue weighted by atomic mass is 35.5.